The minimum Gasteiger partial charge on any atom is -0.0760 e. The van der Waals surface area contributed by atoms with Gasteiger partial charge in [0.15, 0.2) is 0 Å². The average Bonchev–Trinajstić information content (AvgIpc) is 2.99. The van der Waals surface area contributed by atoms with Crippen molar-refractivity contribution in [2.75, 3.05) is 0 Å². The lowest BCUT2D eigenvalue weighted by atomic mass is 9.66. The van der Waals surface area contributed by atoms with Gasteiger partial charge in [0.2, 0.25) is 0 Å². The van der Waals surface area contributed by atoms with Gasteiger partial charge in [0.25, 0.3) is 0 Å². The van der Waals surface area contributed by atoms with E-state index >= 15 is 0 Å². The number of hydrogen-bond donors (Lipinski definition) is 0. The lowest BCUT2D eigenvalue weighted by Crippen LogP contribution is -2.23. The van der Waals surface area contributed by atoms with E-state index in [0.717, 1.165) is 0 Å². The summed E-state index contributed by atoms with van der Waals surface area (Å²) in [5, 5.41) is 7.87. The summed E-state index contributed by atoms with van der Waals surface area (Å²) in [6, 6.07) is 44.9. The molecule has 0 aromatic heterocycles. The highest BCUT2D eigenvalue weighted by molar-refractivity contribution is 6.09. The fourth-order valence-electron chi connectivity index (χ4n) is 6.81. The van der Waals surface area contributed by atoms with E-state index in [9.17, 15) is 0 Å². The maximum absolute atomic E-state index is 2.45. The van der Waals surface area contributed by atoms with Crippen molar-refractivity contribution in [1.82, 2.24) is 0 Å². The molecule has 0 bridgehead atoms. The highest BCUT2D eigenvalue weighted by Gasteiger charge is 2.36. The van der Waals surface area contributed by atoms with E-state index in [4.69, 9.17) is 0 Å². The second-order valence-electron chi connectivity index (χ2n) is 10.5. The molecule has 0 saturated carbocycles. The molecule has 6 aromatic carbocycles. The first-order valence-corrected chi connectivity index (χ1v) is 13.4. The molecule has 0 fully saturated rings. The van der Waals surface area contributed by atoms with Crippen LogP contribution < -0.4 is 0 Å². The summed E-state index contributed by atoms with van der Waals surface area (Å²) in [6.07, 6.45) is 9.20. The molecule has 0 heteroatoms. The SMILES string of the molecule is C1=CC2=C(c3ccc4ccccc4c3)c3ccccc3C(c3cc4ccccc4c4ccccc34)C2C=C1. The molecule has 0 N–H and O–H groups in total. The number of rotatable bonds is 2. The van der Waals surface area contributed by atoms with Crippen LogP contribution in [-0.4, -0.2) is 0 Å². The molecule has 0 heterocycles. The van der Waals surface area contributed by atoms with Gasteiger partial charge >= 0.3 is 0 Å². The molecule has 2 atom stereocenters. The Morgan fingerprint density at radius 1 is 0.474 bits per heavy atom. The van der Waals surface area contributed by atoms with Crippen molar-refractivity contribution in [3.8, 4) is 0 Å². The highest BCUT2D eigenvalue weighted by atomic mass is 14.4. The van der Waals surface area contributed by atoms with Gasteiger partial charge in [-0.05, 0) is 77.9 Å². The van der Waals surface area contributed by atoms with E-state index in [0.29, 0.717) is 0 Å². The van der Waals surface area contributed by atoms with Crippen molar-refractivity contribution < 1.29 is 0 Å². The molecule has 0 saturated heterocycles. The molecule has 0 amide bonds. The van der Waals surface area contributed by atoms with Gasteiger partial charge in [-0.2, -0.15) is 0 Å². The lowest BCUT2D eigenvalue weighted by Gasteiger charge is -2.37. The zero-order chi connectivity index (χ0) is 25.1. The minimum atomic E-state index is 0.237. The van der Waals surface area contributed by atoms with Gasteiger partial charge in [0, 0.05) is 11.8 Å². The Labute approximate surface area is 222 Å². The maximum atomic E-state index is 2.45. The smallest absolute Gasteiger partial charge is 0.0206 e. The van der Waals surface area contributed by atoms with Crippen LogP contribution in [0.2, 0.25) is 0 Å². The third-order valence-electron chi connectivity index (χ3n) is 8.45. The predicted molar refractivity (Wildman–Crippen MR) is 161 cm³/mol. The molecule has 0 aliphatic heterocycles. The molecule has 38 heavy (non-hydrogen) atoms. The van der Waals surface area contributed by atoms with Crippen LogP contribution in [-0.2, 0) is 0 Å². The average molecular weight is 483 g/mol. The monoisotopic (exact) mass is 482 g/mol. The first kappa shape index (κ1) is 21.4. The Kier molecular flexibility index (Phi) is 4.75. The Hall–Kier alpha value is -4.68. The van der Waals surface area contributed by atoms with Crippen LogP contribution in [0.1, 0.15) is 28.2 Å². The summed E-state index contributed by atoms with van der Waals surface area (Å²) in [6.45, 7) is 0. The Morgan fingerprint density at radius 3 is 2.08 bits per heavy atom. The van der Waals surface area contributed by atoms with Gasteiger partial charge in [0.1, 0.15) is 0 Å². The summed E-state index contributed by atoms with van der Waals surface area (Å²) in [5.41, 5.74) is 8.22. The normalized spacial score (nSPS) is 18.2. The van der Waals surface area contributed by atoms with Gasteiger partial charge in [-0.15, -0.1) is 0 Å². The summed E-state index contributed by atoms with van der Waals surface area (Å²) < 4.78 is 0. The molecule has 8 rings (SSSR count). The van der Waals surface area contributed by atoms with Crippen LogP contribution in [0.15, 0.2) is 151 Å². The lowest BCUT2D eigenvalue weighted by molar-refractivity contribution is 0.653. The summed E-state index contributed by atoms with van der Waals surface area (Å²) in [4.78, 5) is 0. The summed E-state index contributed by atoms with van der Waals surface area (Å²) >= 11 is 0. The van der Waals surface area contributed by atoms with E-state index in [-0.39, 0.29) is 11.8 Å². The van der Waals surface area contributed by atoms with Crippen molar-refractivity contribution in [2.45, 2.75) is 5.92 Å². The van der Waals surface area contributed by atoms with E-state index in [1.54, 1.807) is 0 Å². The molecule has 2 aliphatic rings. The third kappa shape index (κ3) is 3.17. The third-order valence-corrected chi connectivity index (χ3v) is 8.45. The number of fused-ring (bicyclic) bond motifs is 6. The summed E-state index contributed by atoms with van der Waals surface area (Å²) in [5.74, 6) is 0.502. The minimum absolute atomic E-state index is 0.237. The van der Waals surface area contributed by atoms with Gasteiger partial charge < -0.3 is 0 Å². The van der Waals surface area contributed by atoms with E-state index < -0.39 is 0 Å². The first-order valence-electron chi connectivity index (χ1n) is 13.4. The second-order valence-corrected chi connectivity index (χ2v) is 10.5. The molecule has 2 aliphatic carbocycles. The predicted octanol–water partition coefficient (Wildman–Crippen LogP) is 9.84. The van der Waals surface area contributed by atoms with Crippen LogP contribution in [0.4, 0.5) is 0 Å². The molecule has 0 nitrogen and oxygen atoms in total. The van der Waals surface area contributed by atoms with Crippen molar-refractivity contribution in [1.29, 1.82) is 0 Å². The van der Waals surface area contributed by atoms with Crippen LogP contribution >= 0.6 is 0 Å². The summed E-state index contributed by atoms with van der Waals surface area (Å²) in [7, 11) is 0. The molecule has 2 unspecified atom stereocenters. The van der Waals surface area contributed by atoms with Gasteiger partial charge in [-0.25, -0.2) is 0 Å². The van der Waals surface area contributed by atoms with E-state index in [1.165, 1.54) is 65.7 Å². The van der Waals surface area contributed by atoms with Crippen LogP contribution in [0.3, 0.4) is 0 Å². The van der Waals surface area contributed by atoms with Crippen molar-refractivity contribution in [3.05, 3.63) is 173 Å². The second kappa shape index (κ2) is 8.43. The molecular formula is C38H26. The first-order chi connectivity index (χ1) is 18.9. The van der Waals surface area contributed by atoms with Crippen LogP contribution in [0, 0.1) is 5.92 Å². The van der Waals surface area contributed by atoms with Crippen molar-refractivity contribution >= 4 is 37.9 Å². The number of allylic oxidation sites excluding steroid dienone is 5. The standard InChI is InChI=1S/C38H26/c1-2-12-26-23-28(22-21-25(26)11-1)37-32-17-7-9-19-34(32)38(35-20-10-8-18-33(35)37)36-24-27-13-3-4-14-29(27)30-15-5-6-16-31(30)36/h1-24,34,38H. The Bertz CT molecular complexity index is 1980. The molecule has 178 valence electrons. The largest absolute Gasteiger partial charge is 0.0760 e. The van der Waals surface area contributed by atoms with Crippen molar-refractivity contribution in [3.63, 3.8) is 0 Å². The fraction of sp³-hybridized carbons (Fsp3) is 0.0526. The number of benzene rings is 6. The topological polar surface area (TPSA) is 0 Å². The quantitative estimate of drug-likeness (QED) is 0.215. The zero-order valence-corrected chi connectivity index (χ0v) is 21.0. The molecular weight excluding hydrogens is 456 g/mol. The highest BCUT2D eigenvalue weighted by Crippen LogP contribution is 2.52. The zero-order valence-electron chi connectivity index (χ0n) is 21.0. The number of hydrogen-bond acceptors (Lipinski definition) is 0. The van der Waals surface area contributed by atoms with Gasteiger partial charge in [-0.1, -0.05) is 133 Å². The Morgan fingerprint density at radius 2 is 1.18 bits per heavy atom. The Balaban J connectivity index is 1.43. The maximum Gasteiger partial charge on any atom is 0.0206 e. The van der Waals surface area contributed by atoms with Gasteiger partial charge in [-0.3, -0.25) is 0 Å². The molecule has 0 spiro atoms. The van der Waals surface area contributed by atoms with Gasteiger partial charge in [0.05, 0.1) is 0 Å². The van der Waals surface area contributed by atoms with Crippen LogP contribution in [0.25, 0.3) is 37.9 Å². The van der Waals surface area contributed by atoms with E-state index in [1.807, 2.05) is 0 Å². The van der Waals surface area contributed by atoms with E-state index in [2.05, 4.69) is 146 Å². The molecule has 6 aromatic rings. The fourth-order valence-corrected chi connectivity index (χ4v) is 6.81. The van der Waals surface area contributed by atoms with Crippen molar-refractivity contribution in [2.24, 2.45) is 5.92 Å². The molecule has 0 radical (unpaired) electrons. The van der Waals surface area contributed by atoms with Crippen LogP contribution in [0.5, 0.6) is 0 Å².